The van der Waals surface area contributed by atoms with Gasteiger partial charge in [-0.15, -0.1) is 0 Å². The largest absolute Gasteiger partial charge is 0.490 e. The first-order valence-electron chi connectivity index (χ1n) is 7.03. The number of ketones is 1. The molecule has 1 heterocycles. The van der Waals surface area contributed by atoms with E-state index in [1.807, 2.05) is 0 Å². The Balaban J connectivity index is 2.64. The number of benzene rings is 1. The summed E-state index contributed by atoms with van der Waals surface area (Å²) in [5, 5.41) is 19.0. The van der Waals surface area contributed by atoms with Gasteiger partial charge in [0.15, 0.2) is 11.3 Å². The van der Waals surface area contributed by atoms with Crippen molar-refractivity contribution in [2.45, 2.75) is 18.9 Å². The second-order valence-corrected chi connectivity index (χ2v) is 5.12. The van der Waals surface area contributed by atoms with Crippen LogP contribution in [0.15, 0.2) is 30.9 Å². The number of fused-ring (bicyclic) bond motifs is 1. The first-order chi connectivity index (χ1) is 10.9. The Bertz CT molecular complexity index is 683. The molecule has 0 radical (unpaired) electrons. The second-order valence-electron chi connectivity index (χ2n) is 5.12. The molecule has 122 valence electrons. The summed E-state index contributed by atoms with van der Waals surface area (Å²) in [4.78, 5) is 36.3. The van der Waals surface area contributed by atoms with Crippen molar-refractivity contribution < 1.29 is 29.3 Å². The van der Waals surface area contributed by atoms with E-state index >= 15 is 0 Å². The zero-order valence-corrected chi connectivity index (χ0v) is 12.6. The first kappa shape index (κ1) is 16.5. The van der Waals surface area contributed by atoms with E-state index in [0.29, 0.717) is 10.6 Å². The van der Waals surface area contributed by atoms with Crippen LogP contribution in [0, 0.1) is 0 Å². The lowest BCUT2D eigenvalue weighted by atomic mass is 9.78. The molecule has 1 aliphatic heterocycles. The van der Waals surface area contributed by atoms with Crippen LogP contribution in [0.1, 0.15) is 29.3 Å². The van der Waals surface area contributed by atoms with E-state index in [1.165, 1.54) is 18.2 Å². The molecule has 2 N–H and O–H groups in total. The number of ether oxygens (including phenoxy) is 1. The highest BCUT2D eigenvalue weighted by Gasteiger charge is 2.52. The predicted octanol–water partition coefficient (Wildman–Crippen LogP) is 2.12. The number of hydrogen-bond donors (Lipinski definition) is 2. The molecule has 0 spiro atoms. The van der Waals surface area contributed by atoms with Crippen molar-refractivity contribution in [3.63, 3.8) is 0 Å². The van der Waals surface area contributed by atoms with Gasteiger partial charge in [0.1, 0.15) is 12.4 Å². The summed E-state index contributed by atoms with van der Waals surface area (Å²) in [6.45, 7) is 4.84. The van der Waals surface area contributed by atoms with Gasteiger partial charge >= 0.3 is 12.1 Å². The van der Waals surface area contributed by atoms with Gasteiger partial charge in [-0.25, -0.2) is 9.59 Å². The van der Waals surface area contributed by atoms with E-state index in [0.717, 1.165) is 0 Å². The van der Waals surface area contributed by atoms with Gasteiger partial charge in [-0.3, -0.25) is 9.69 Å². The normalized spacial score (nSPS) is 19.9. The number of nitrogens with zero attached hydrogens (tertiary/aromatic N) is 1. The van der Waals surface area contributed by atoms with Gasteiger partial charge in [-0.05, 0) is 18.6 Å². The van der Waals surface area contributed by atoms with Gasteiger partial charge in [0.25, 0.3) is 0 Å². The summed E-state index contributed by atoms with van der Waals surface area (Å²) in [6, 6.07) is 4.42. The Kier molecular flexibility index (Phi) is 4.40. The summed E-state index contributed by atoms with van der Waals surface area (Å²) in [5.41, 5.74) is -1.45. The molecule has 2 rings (SSSR count). The Labute approximate surface area is 132 Å². The van der Waals surface area contributed by atoms with Crippen LogP contribution in [-0.2, 0) is 10.3 Å². The number of carbonyl (C=O) groups is 3. The smallest absolute Gasteiger partial charge is 0.408 e. The summed E-state index contributed by atoms with van der Waals surface area (Å²) in [6.07, 6.45) is 0.100. The summed E-state index contributed by atoms with van der Waals surface area (Å²) >= 11 is 0. The van der Waals surface area contributed by atoms with E-state index in [9.17, 15) is 24.6 Å². The van der Waals surface area contributed by atoms with Crippen molar-refractivity contribution in [3.05, 3.63) is 42.0 Å². The molecular weight excluding hydrogens is 302 g/mol. The standard InChI is InChI=1S/C16H17NO6/c1-3-7-23-10-5-6-12-11(8-10)13(18)9-17(15(21)22)16(12,4-2)14(19)20/h3,5-6,8H,1,4,7,9H2,2H3,(H,19,20)(H,21,22). The molecule has 1 amide bonds. The van der Waals surface area contributed by atoms with Crippen LogP contribution < -0.4 is 4.74 Å². The average molecular weight is 319 g/mol. The molecule has 1 unspecified atom stereocenters. The van der Waals surface area contributed by atoms with E-state index < -0.39 is 29.9 Å². The van der Waals surface area contributed by atoms with Crippen molar-refractivity contribution >= 4 is 17.8 Å². The first-order valence-corrected chi connectivity index (χ1v) is 7.03. The zero-order chi connectivity index (χ0) is 17.2. The monoisotopic (exact) mass is 319 g/mol. The fourth-order valence-electron chi connectivity index (χ4n) is 2.86. The van der Waals surface area contributed by atoms with Gasteiger partial charge < -0.3 is 14.9 Å². The number of carboxylic acids is 1. The molecule has 7 heteroatoms. The molecule has 0 fully saturated rings. The SMILES string of the molecule is C=CCOc1ccc2c(c1)C(=O)CN(C(=O)O)C2(CC)C(=O)O. The minimum atomic E-state index is -1.79. The number of amides is 1. The summed E-state index contributed by atoms with van der Waals surface area (Å²) < 4.78 is 5.36. The van der Waals surface area contributed by atoms with Crippen LogP contribution in [0.3, 0.4) is 0 Å². The molecule has 1 aliphatic rings. The van der Waals surface area contributed by atoms with Crippen LogP contribution in [0.2, 0.25) is 0 Å². The highest BCUT2D eigenvalue weighted by molar-refractivity contribution is 6.05. The molecule has 23 heavy (non-hydrogen) atoms. The second kappa shape index (κ2) is 6.12. The topological polar surface area (TPSA) is 104 Å². The van der Waals surface area contributed by atoms with Crippen molar-refractivity contribution in [2.24, 2.45) is 0 Å². The fraction of sp³-hybridized carbons (Fsp3) is 0.312. The van der Waals surface area contributed by atoms with Crippen molar-refractivity contribution in [1.82, 2.24) is 4.90 Å². The van der Waals surface area contributed by atoms with Gasteiger partial charge in [-0.1, -0.05) is 25.6 Å². The summed E-state index contributed by atoms with van der Waals surface area (Å²) in [5.74, 6) is -1.37. The quantitative estimate of drug-likeness (QED) is 0.806. The molecule has 0 aromatic heterocycles. The van der Waals surface area contributed by atoms with Crippen LogP contribution in [0.4, 0.5) is 4.79 Å². The van der Waals surface area contributed by atoms with Crippen molar-refractivity contribution in [3.8, 4) is 5.75 Å². The predicted molar refractivity (Wildman–Crippen MR) is 80.8 cm³/mol. The molecule has 0 aliphatic carbocycles. The van der Waals surface area contributed by atoms with Gasteiger partial charge in [0.2, 0.25) is 0 Å². The number of aliphatic carboxylic acids is 1. The Morgan fingerprint density at radius 1 is 1.43 bits per heavy atom. The lowest BCUT2D eigenvalue weighted by Gasteiger charge is -2.42. The minimum Gasteiger partial charge on any atom is -0.490 e. The third-order valence-corrected chi connectivity index (χ3v) is 3.96. The van der Waals surface area contributed by atoms with Crippen LogP contribution >= 0.6 is 0 Å². The summed E-state index contributed by atoms with van der Waals surface area (Å²) in [7, 11) is 0. The number of hydrogen-bond acceptors (Lipinski definition) is 4. The highest BCUT2D eigenvalue weighted by atomic mass is 16.5. The number of carbonyl (C=O) groups excluding carboxylic acids is 1. The molecule has 1 atom stereocenters. The van der Waals surface area contributed by atoms with Crippen molar-refractivity contribution in [2.75, 3.05) is 13.2 Å². The lowest BCUT2D eigenvalue weighted by molar-refractivity contribution is -0.151. The number of Topliss-reactive ketones (excluding diaryl/α,β-unsaturated/α-hetero) is 1. The maximum Gasteiger partial charge on any atom is 0.408 e. The lowest BCUT2D eigenvalue weighted by Crippen LogP contribution is -2.58. The third kappa shape index (κ3) is 2.54. The van der Waals surface area contributed by atoms with Crippen LogP contribution in [0.5, 0.6) is 5.75 Å². The molecule has 1 aromatic carbocycles. The molecule has 0 saturated carbocycles. The van der Waals surface area contributed by atoms with Crippen molar-refractivity contribution in [1.29, 1.82) is 0 Å². The third-order valence-electron chi connectivity index (χ3n) is 3.96. The van der Waals surface area contributed by atoms with E-state index in [4.69, 9.17) is 4.74 Å². The zero-order valence-electron chi connectivity index (χ0n) is 12.6. The Morgan fingerprint density at radius 3 is 2.65 bits per heavy atom. The van der Waals surface area contributed by atoms with Gasteiger partial charge in [0, 0.05) is 11.1 Å². The molecule has 1 aromatic rings. The number of rotatable bonds is 5. The van der Waals surface area contributed by atoms with E-state index in [2.05, 4.69) is 6.58 Å². The number of carboxylic acid groups (broad SMARTS) is 2. The van der Waals surface area contributed by atoms with E-state index in [1.54, 1.807) is 13.0 Å². The van der Waals surface area contributed by atoms with Crippen LogP contribution in [0.25, 0.3) is 0 Å². The Morgan fingerprint density at radius 2 is 2.13 bits per heavy atom. The molecule has 0 bridgehead atoms. The minimum absolute atomic E-state index is 0.00176. The average Bonchev–Trinajstić information content (AvgIpc) is 2.52. The fourth-order valence-corrected chi connectivity index (χ4v) is 2.86. The highest BCUT2D eigenvalue weighted by Crippen LogP contribution is 2.40. The molecule has 7 nitrogen and oxygen atoms in total. The Hall–Kier alpha value is -2.83. The molecule has 0 saturated heterocycles. The van der Waals surface area contributed by atoms with Crippen LogP contribution in [-0.4, -0.2) is 46.1 Å². The van der Waals surface area contributed by atoms with E-state index in [-0.39, 0.29) is 24.2 Å². The maximum atomic E-state index is 12.3. The van der Waals surface area contributed by atoms with Gasteiger partial charge in [0.05, 0.1) is 6.54 Å². The maximum absolute atomic E-state index is 12.3. The van der Waals surface area contributed by atoms with Gasteiger partial charge in [-0.2, -0.15) is 0 Å². The molecular formula is C16H17NO6.